The highest BCUT2D eigenvalue weighted by atomic mass is 79.9. The topological polar surface area (TPSA) is 23.6 Å². The summed E-state index contributed by atoms with van der Waals surface area (Å²) >= 11 is 4.60. The number of carbonyl (C=O) groups is 1. The summed E-state index contributed by atoms with van der Waals surface area (Å²) in [6.45, 7) is 0.296. The normalized spacial score (nSPS) is 17.8. The van der Waals surface area contributed by atoms with Crippen LogP contribution in [0.15, 0.2) is 15.9 Å². The summed E-state index contributed by atoms with van der Waals surface area (Å²) in [6.07, 6.45) is -4.18. The van der Waals surface area contributed by atoms with E-state index >= 15 is 0 Å². The lowest BCUT2D eigenvalue weighted by Crippen LogP contribution is -2.50. The second-order valence-electron chi connectivity index (χ2n) is 4.31. The van der Waals surface area contributed by atoms with Gasteiger partial charge in [-0.05, 0) is 22.0 Å². The molecule has 0 aliphatic carbocycles. The Hall–Kier alpha value is -0.600. The summed E-state index contributed by atoms with van der Waals surface area (Å²) in [6, 6.07) is 1.73. The zero-order valence-electron chi connectivity index (χ0n) is 9.91. The number of alkyl halides is 3. The van der Waals surface area contributed by atoms with Crippen LogP contribution in [-0.4, -0.2) is 54.6 Å². The van der Waals surface area contributed by atoms with Gasteiger partial charge >= 0.3 is 6.18 Å². The van der Waals surface area contributed by atoms with Gasteiger partial charge in [-0.25, -0.2) is 0 Å². The fourth-order valence-corrected chi connectivity index (χ4v) is 3.34. The Morgan fingerprint density at radius 3 is 2.42 bits per heavy atom. The number of thiophene rings is 1. The third-order valence-electron chi connectivity index (χ3n) is 2.84. The van der Waals surface area contributed by atoms with Crippen LogP contribution in [0.4, 0.5) is 13.2 Å². The van der Waals surface area contributed by atoms with Crippen LogP contribution in [0.5, 0.6) is 0 Å². The summed E-state index contributed by atoms with van der Waals surface area (Å²) in [5.74, 6) is -0.109. The minimum Gasteiger partial charge on any atom is -0.335 e. The summed E-state index contributed by atoms with van der Waals surface area (Å²) < 4.78 is 37.6. The summed E-state index contributed by atoms with van der Waals surface area (Å²) in [7, 11) is 0. The van der Waals surface area contributed by atoms with E-state index < -0.39 is 12.7 Å². The van der Waals surface area contributed by atoms with Crippen LogP contribution in [0.1, 0.15) is 9.67 Å². The highest BCUT2D eigenvalue weighted by Gasteiger charge is 2.33. The quantitative estimate of drug-likeness (QED) is 0.813. The monoisotopic (exact) mass is 356 g/mol. The van der Waals surface area contributed by atoms with Gasteiger partial charge in [0.05, 0.1) is 11.4 Å². The van der Waals surface area contributed by atoms with Crippen molar-refractivity contribution in [3.8, 4) is 0 Å². The van der Waals surface area contributed by atoms with Crippen molar-refractivity contribution >= 4 is 33.2 Å². The Morgan fingerprint density at radius 1 is 1.32 bits per heavy atom. The first-order valence-corrected chi connectivity index (χ1v) is 7.35. The molecule has 0 N–H and O–H groups in total. The molecule has 1 aromatic rings. The molecular formula is C11H12BrF3N2OS. The lowest BCUT2D eigenvalue weighted by Gasteiger charge is -2.34. The number of piperazine rings is 1. The number of hydrogen-bond acceptors (Lipinski definition) is 3. The standard InChI is InChI=1S/C11H12BrF3N2OS/c12-8-5-9(19-6-8)10(18)17-3-1-16(2-4-17)7-11(13,14)15/h5-6H,1-4,7H2. The minimum atomic E-state index is -4.18. The fraction of sp³-hybridized carbons (Fsp3) is 0.545. The van der Waals surface area contributed by atoms with E-state index in [0.29, 0.717) is 18.0 Å². The van der Waals surface area contributed by atoms with Crippen LogP contribution in [0.3, 0.4) is 0 Å². The molecule has 8 heteroatoms. The van der Waals surface area contributed by atoms with E-state index in [1.54, 1.807) is 11.0 Å². The number of nitrogens with zero attached hydrogens (tertiary/aromatic N) is 2. The second-order valence-corrected chi connectivity index (χ2v) is 6.14. The third kappa shape index (κ3) is 4.19. The van der Waals surface area contributed by atoms with Crippen LogP contribution >= 0.6 is 27.3 Å². The lowest BCUT2D eigenvalue weighted by atomic mass is 10.3. The van der Waals surface area contributed by atoms with E-state index in [4.69, 9.17) is 0 Å². The second kappa shape index (κ2) is 5.80. The molecule has 1 aliphatic rings. The van der Waals surface area contributed by atoms with Gasteiger partial charge in [0.15, 0.2) is 0 Å². The summed E-state index contributed by atoms with van der Waals surface area (Å²) in [5.41, 5.74) is 0. The predicted molar refractivity (Wildman–Crippen MR) is 70.4 cm³/mol. The van der Waals surface area contributed by atoms with Crippen LogP contribution < -0.4 is 0 Å². The molecule has 0 bridgehead atoms. The van der Waals surface area contributed by atoms with Crippen molar-refractivity contribution < 1.29 is 18.0 Å². The van der Waals surface area contributed by atoms with Gasteiger partial charge in [-0.15, -0.1) is 11.3 Å². The fourth-order valence-electron chi connectivity index (χ4n) is 1.94. The minimum absolute atomic E-state index is 0.109. The molecule has 0 saturated carbocycles. The molecule has 0 spiro atoms. The molecule has 0 radical (unpaired) electrons. The number of hydrogen-bond donors (Lipinski definition) is 0. The van der Waals surface area contributed by atoms with E-state index in [9.17, 15) is 18.0 Å². The molecular weight excluding hydrogens is 345 g/mol. The maximum Gasteiger partial charge on any atom is 0.401 e. The van der Waals surface area contributed by atoms with E-state index in [1.165, 1.54) is 16.2 Å². The van der Waals surface area contributed by atoms with Gasteiger partial charge in [-0.1, -0.05) is 0 Å². The van der Waals surface area contributed by atoms with Crippen LogP contribution in [0, 0.1) is 0 Å². The van der Waals surface area contributed by atoms with E-state index in [0.717, 1.165) is 4.47 Å². The van der Waals surface area contributed by atoms with E-state index in [2.05, 4.69) is 15.9 Å². The van der Waals surface area contributed by atoms with Crippen molar-refractivity contribution in [2.24, 2.45) is 0 Å². The van der Waals surface area contributed by atoms with Gasteiger partial charge in [0.2, 0.25) is 0 Å². The first kappa shape index (κ1) is 14.8. The maximum atomic E-state index is 12.2. The molecule has 0 atom stereocenters. The van der Waals surface area contributed by atoms with Gasteiger partial charge in [0.25, 0.3) is 5.91 Å². The van der Waals surface area contributed by atoms with Gasteiger partial charge in [0, 0.05) is 36.0 Å². The largest absolute Gasteiger partial charge is 0.401 e. The summed E-state index contributed by atoms with van der Waals surface area (Å²) in [5, 5.41) is 1.81. The van der Waals surface area contributed by atoms with Gasteiger partial charge in [0.1, 0.15) is 0 Å². The first-order chi connectivity index (χ1) is 8.85. The Kier molecular flexibility index (Phi) is 4.52. The molecule has 2 rings (SSSR count). The molecule has 1 amide bonds. The molecule has 2 heterocycles. The molecule has 0 unspecified atom stereocenters. The van der Waals surface area contributed by atoms with Crippen molar-refractivity contribution in [1.82, 2.24) is 9.80 Å². The molecule has 0 aromatic carbocycles. The third-order valence-corrected chi connectivity index (χ3v) is 4.52. The van der Waals surface area contributed by atoms with Crippen LogP contribution in [-0.2, 0) is 0 Å². The maximum absolute atomic E-state index is 12.2. The number of carbonyl (C=O) groups excluding carboxylic acids is 1. The number of amides is 1. The van der Waals surface area contributed by atoms with Crippen molar-refractivity contribution in [1.29, 1.82) is 0 Å². The zero-order chi connectivity index (χ0) is 14.0. The van der Waals surface area contributed by atoms with E-state index in [1.807, 2.05) is 5.38 Å². The molecule has 106 valence electrons. The Bertz CT molecular complexity index is 455. The molecule has 19 heavy (non-hydrogen) atoms. The molecule has 1 saturated heterocycles. The Morgan fingerprint density at radius 2 is 1.95 bits per heavy atom. The van der Waals surface area contributed by atoms with Crippen molar-refractivity contribution in [2.75, 3.05) is 32.7 Å². The lowest BCUT2D eigenvalue weighted by molar-refractivity contribution is -0.148. The molecule has 1 aliphatic heterocycles. The van der Waals surface area contributed by atoms with Gasteiger partial charge < -0.3 is 4.90 Å². The van der Waals surface area contributed by atoms with Crippen molar-refractivity contribution in [2.45, 2.75) is 6.18 Å². The first-order valence-electron chi connectivity index (χ1n) is 5.67. The molecule has 1 fully saturated rings. The van der Waals surface area contributed by atoms with Crippen LogP contribution in [0.25, 0.3) is 0 Å². The van der Waals surface area contributed by atoms with Gasteiger partial charge in [-0.2, -0.15) is 13.2 Å². The Balaban J connectivity index is 1.88. The van der Waals surface area contributed by atoms with Crippen LogP contribution in [0.2, 0.25) is 0 Å². The Labute approximate surface area is 121 Å². The predicted octanol–water partition coefficient (Wildman–Crippen LogP) is 2.83. The van der Waals surface area contributed by atoms with Crippen molar-refractivity contribution in [3.63, 3.8) is 0 Å². The highest BCUT2D eigenvalue weighted by Crippen LogP contribution is 2.22. The smallest absolute Gasteiger partial charge is 0.335 e. The average molecular weight is 357 g/mol. The molecule has 3 nitrogen and oxygen atoms in total. The number of rotatable bonds is 2. The number of halogens is 4. The van der Waals surface area contributed by atoms with E-state index in [-0.39, 0.29) is 19.0 Å². The molecule has 1 aromatic heterocycles. The average Bonchev–Trinajstić information content (AvgIpc) is 2.74. The zero-order valence-corrected chi connectivity index (χ0v) is 12.3. The SMILES string of the molecule is O=C(c1cc(Br)cs1)N1CCN(CC(F)(F)F)CC1. The van der Waals surface area contributed by atoms with Crippen molar-refractivity contribution in [3.05, 3.63) is 20.8 Å². The highest BCUT2D eigenvalue weighted by molar-refractivity contribution is 9.10. The van der Waals surface area contributed by atoms with Gasteiger partial charge in [-0.3, -0.25) is 9.69 Å². The summed E-state index contributed by atoms with van der Waals surface area (Å²) in [4.78, 5) is 15.6.